The van der Waals surface area contributed by atoms with Gasteiger partial charge in [0.1, 0.15) is 29.5 Å². The Kier molecular flexibility index (Phi) is 5.14. The number of allylic oxidation sites excluding steroid dienone is 3. The van der Waals surface area contributed by atoms with Gasteiger partial charge in [0.05, 0.1) is 0 Å². The maximum atomic E-state index is 12.1. The number of aromatic nitrogens is 1. The highest BCUT2D eigenvalue weighted by molar-refractivity contribution is 5.94. The van der Waals surface area contributed by atoms with Gasteiger partial charge < -0.3 is 15.2 Å². The first kappa shape index (κ1) is 16.8. The molecule has 1 aromatic heterocycles. The van der Waals surface area contributed by atoms with E-state index in [0.29, 0.717) is 5.56 Å². The first-order valence-electron chi connectivity index (χ1n) is 8.13. The predicted molar refractivity (Wildman–Crippen MR) is 96.1 cm³/mol. The number of benzene rings is 1. The Labute approximate surface area is 146 Å². The number of hydrogen-bond donors (Lipinski definition) is 1. The summed E-state index contributed by atoms with van der Waals surface area (Å²) in [6.45, 7) is 2.06. The molecule has 0 bridgehead atoms. The summed E-state index contributed by atoms with van der Waals surface area (Å²) in [5.74, 6) is 1.45. The monoisotopic (exact) mass is 336 g/mol. The average molecular weight is 336 g/mol. The number of nitrogens with zero attached hydrogens (tertiary/aromatic N) is 1. The van der Waals surface area contributed by atoms with Crippen LogP contribution in [0.3, 0.4) is 0 Å². The Bertz CT molecular complexity index is 826. The van der Waals surface area contributed by atoms with E-state index < -0.39 is 5.97 Å². The number of ether oxygens (including phenoxy) is 2. The topological polar surface area (TPSA) is 74.4 Å². The van der Waals surface area contributed by atoms with E-state index in [1.807, 2.05) is 49.4 Å². The predicted octanol–water partition coefficient (Wildman–Crippen LogP) is 3.81. The number of rotatable bonds is 5. The van der Waals surface area contributed by atoms with Crippen LogP contribution in [0, 0.1) is 6.92 Å². The van der Waals surface area contributed by atoms with Crippen molar-refractivity contribution in [1.29, 1.82) is 0 Å². The number of esters is 1. The molecule has 1 heterocycles. The zero-order chi connectivity index (χ0) is 17.6. The van der Waals surface area contributed by atoms with Gasteiger partial charge in [-0.2, -0.15) is 0 Å². The first-order valence-corrected chi connectivity index (χ1v) is 8.13. The fourth-order valence-electron chi connectivity index (χ4n) is 2.49. The number of nitrogen functional groups attached to an aromatic ring is 1. The number of hydrogen-bond acceptors (Lipinski definition) is 5. The van der Waals surface area contributed by atoms with Crippen molar-refractivity contribution in [3.63, 3.8) is 0 Å². The molecule has 0 amide bonds. The highest BCUT2D eigenvalue weighted by Gasteiger charge is 2.14. The van der Waals surface area contributed by atoms with E-state index in [0.717, 1.165) is 35.6 Å². The van der Waals surface area contributed by atoms with Crippen LogP contribution in [-0.2, 0) is 4.74 Å². The molecule has 0 saturated heterocycles. The van der Waals surface area contributed by atoms with Gasteiger partial charge in [0, 0.05) is 12.1 Å². The van der Waals surface area contributed by atoms with E-state index in [2.05, 4.69) is 4.98 Å². The summed E-state index contributed by atoms with van der Waals surface area (Å²) >= 11 is 0. The van der Waals surface area contributed by atoms with Gasteiger partial charge in [-0.1, -0.05) is 24.3 Å². The van der Waals surface area contributed by atoms with Crippen LogP contribution < -0.4 is 10.5 Å². The van der Waals surface area contributed by atoms with Gasteiger partial charge in [-0.15, -0.1) is 0 Å². The number of anilines is 1. The Morgan fingerprint density at radius 2 is 1.92 bits per heavy atom. The van der Waals surface area contributed by atoms with Gasteiger partial charge in [-0.05, 0) is 49.3 Å². The summed E-state index contributed by atoms with van der Waals surface area (Å²) in [6, 6.07) is 13.0. The van der Waals surface area contributed by atoms with Crippen molar-refractivity contribution in [2.45, 2.75) is 19.8 Å². The fraction of sp³-hybridized carbons (Fsp3) is 0.200. The number of para-hydroxylation sites is 1. The Hall–Kier alpha value is -3.08. The van der Waals surface area contributed by atoms with Crippen molar-refractivity contribution < 1.29 is 14.3 Å². The maximum Gasteiger partial charge on any atom is 0.342 e. The third-order valence-corrected chi connectivity index (χ3v) is 3.86. The molecule has 0 atom stereocenters. The number of nitrogens with two attached hydrogens (primary N) is 1. The third kappa shape index (κ3) is 4.47. The highest BCUT2D eigenvalue weighted by Crippen LogP contribution is 2.22. The van der Waals surface area contributed by atoms with Gasteiger partial charge in [-0.25, -0.2) is 9.78 Å². The van der Waals surface area contributed by atoms with Crippen LogP contribution in [0.1, 0.15) is 28.9 Å². The second-order valence-electron chi connectivity index (χ2n) is 5.83. The SMILES string of the molecule is Cc1ccc(C(=O)OCC2=CC=C(Oc3ccccc3)CC2)c(N)n1. The molecule has 0 spiro atoms. The van der Waals surface area contributed by atoms with Crippen LogP contribution in [-0.4, -0.2) is 17.6 Å². The molecule has 0 radical (unpaired) electrons. The van der Waals surface area contributed by atoms with Gasteiger partial charge in [-0.3, -0.25) is 0 Å². The molecule has 25 heavy (non-hydrogen) atoms. The average Bonchev–Trinajstić information content (AvgIpc) is 2.62. The lowest BCUT2D eigenvalue weighted by molar-refractivity contribution is 0.0538. The van der Waals surface area contributed by atoms with Crippen molar-refractivity contribution >= 4 is 11.8 Å². The lowest BCUT2D eigenvalue weighted by Gasteiger charge is -2.16. The minimum absolute atomic E-state index is 0.195. The molecule has 0 fully saturated rings. The molecule has 128 valence electrons. The van der Waals surface area contributed by atoms with Crippen LogP contribution in [0.2, 0.25) is 0 Å². The molecule has 0 aliphatic heterocycles. The molecule has 5 heteroatoms. The lowest BCUT2D eigenvalue weighted by atomic mass is 10.0. The smallest absolute Gasteiger partial charge is 0.342 e. The fourth-order valence-corrected chi connectivity index (χ4v) is 2.49. The molecule has 2 aromatic rings. The molecule has 5 nitrogen and oxygen atoms in total. The zero-order valence-electron chi connectivity index (χ0n) is 14.1. The molecule has 2 N–H and O–H groups in total. The van der Waals surface area contributed by atoms with Crippen LogP contribution in [0.15, 0.2) is 65.9 Å². The van der Waals surface area contributed by atoms with Crippen LogP contribution >= 0.6 is 0 Å². The van der Waals surface area contributed by atoms with Gasteiger partial charge in [0.15, 0.2) is 0 Å². The van der Waals surface area contributed by atoms with Crippen molar-refractivity contribution in [3.05, 3.63) is 77.2 Å². The van der Waals surface area contributed by atoms with Gasteiger partial charge >= 0.3 is 5.97 Å². The highest BCUT2D eigenvalue weighted by atomic mass is 16.5. The molecular weight excluding hydrogens is 316 g/mol. The van der Waals surface area contributed by atoms with Crippen molar-refractivity contribution in [3.8, 4) is 5.75 Å². The van der Waals surface area contributed by atoms with Crippen LogP contribution in [0.25, 0.3) is 0 Å². The number of pyridine rings is 1. The molecule has 3 rings (SSSR count). The van der Waals surface area contributed by atoms with Crippen molar-refractivity contribution in [2.24, 2.45) is 0 Å². The second-order valence-corrected chi connectivity index (χ2v) is 5.83. The Balaban J connectivity index is 1.56. The minimum atomic E-state index is -0.457. The number of carbonyl (C=O) groups is 1. The second kappa shape index (κ2) is 7.66. The zero-order valence-corrected chi connectivity index (χ0v) is 14.1. The molecule has 1 aliphatic rings. The minimum Gasteiger partial charge on any atom is -0.462 e. The van der Waals surface area contributed by atoms with E-state index in [4.69, 9.17) is 15.2 Å². The summed E-state index contributed by atoms with van der Waals surface area (Å²) in [4.78, 5) is 16.2. The van der Waals surface area contributed by atoms with E-state index in [1.54, 1.807) is 12.1 Å². The maximum absolute atomic E-state index is 12.1. The standard InChI is InChI=1S/C20H20N2O3/c1-14-7-12-18(19(21)22-14)20(23)24-13-15-8-10-17(11-9-15)25-16-5-3-2-4-6-16/h2-8,10,12H,9,11,13H2,1H3,(H2,21,22). The van der Waals surface area contributed by atoms with Crippen LogP contribution in [0.4, 0.5) is 5.82 Å². The van der Waals surface area contributed by atoms with Crippen molar-refractivity contribution in [1.82, 2.24) is 4.98 Å². The number of carbonyl (C=O) groups excluding carboxylic acids is 1. The molecule has 0 saturated carbocycles. The lowest BCUT2D eigenvalue weighted by Crippen LogP contribution is -2.13. The summed E-state index contributed by atoms with van der Waals surface area (Å²) in [5.41, 5.74) is 7.87. The normalized spacial score (nSPS) is 13.6. The molecular formula is C20H20N2O3. The van der Waals surface area contributed by atoms with Crippen molar-refractivity contribution in [2.75, 3.05) is 12.3 Å². The molecule has 1 aliphatic carbocycles. The quantitative estimate of drug-likeness (QED) is 0.840. The summed E-state index contributed by atoms with van der Waals surface area (Å²) < 4.78 is 11.2. The first-order chi connectivity index (χ1) is 12.1. The van der Waals surface area contributed by atoms with E-state index in [1.165, 1.54) is 0 Å². The summed E-state index contributed by atoms with van der Waals surface area (Å²) in [5, 5.41) is 0. The van der Waals surface area contributed by atoms with Gasteiger partial charge in [0.2, 0.25) is 0 Å². The Morgan fingerprint density at radius 3 is 2.60 bits per heavy atom. The van der Waals surface area contributed by atoms with Gasteiger partial charge in [0.25, 0.3) is 0 Å². The molecule has 0 unspecified atom stereocenters. The van der Waals surface area contributed by atoms with E-state index in [-0.39, 0.29) is 12.4 Å². The van der Waals surface area contributed by atoms with E-state index >= 15 is 0 Å². The largest absolute Gasteiger partial charge is 0.462 e. The van der Waals surface area contributed by atoms with Crippen LogP contribution in [0.5, 0.6) is 5.75 Å². The number of aryl methyl sites for hydroxylation is 1. The molecule has 1 aromatic carbocycles. The van der Waals surface area contributed by atoms with E-state index in [9.17, 15) is 4.79 Å². The summed E-state index contributed by atoms with van der Waals surface area (Å²) in [6.07, 6.45) is 5.41. The third-order valence-electron chi connectivity index (χ3n) is 3.86. The summed E-state index contributed by atoms with van der Waals surface area (Å²) in [7, 11) is 0. The Morgan fingerprint density at radius 1 is 1.12 bits per heavy atom.